The van der Waals surface area contributed by atoms with Crippen LogP contribution in [-0.4, -0.2) is 17.9 Å². The Hall–Kier alpha value is -1.12. The van der Waals surface area contributed by atoms with Gasteiger partial charge in [0.15, 0.2) is 5.78 Å². The average molecular weight is 373 g/mol. The van der Waals surface area contributed by atoms with E-state index in [1.54, 1.807) is 0 Å². The molecule has 3 unspecified atom stereocenters. The van der Waals surface area contributed by atoms with E-state index in [0.29, 0.717) is 35.9 Å². The van der Waals surface area contributed by atoms with E-state index in [4.69, 9.17) is 4.74 Å². The van der Waals surface area contributed by atoms with Crippen LogP contribution < -0.4 is 0 Å². The summed E-state index contributed by atoms with van der Waals surface area (Å²) in [6.07, 6.45) is 10.9. The Morgan fingerprint density at radius 3 is 2.70 bits per heavy atom. The molecule has 7 atom stereocenters. The molecule has 4 rings (SSSR count). The van der Waals surface area contributed by atoms with Crippen molar-refractivity contribution in [3.8, 4) is 0 Å². The number of esters is 1. The van der Waals surface area contributed by atoms with Gasteiger partial charge < -0.3 is 4.74 Å². The number of carbonyl (C=O) groups is 2. The number of ether oxygens (including phenoxy) is 1. The van der Waals surface area contributed by atoms with E-state index in [-0.39, 0.29) is 22.9 Å². The molecule has 0 bridgehead atoms. The van der Waals surface area contributed by atoms with Crippen LogP contribution >= 0.6 is 0 Å². The van der Waals surface area contributed by atoms with Gasteiger partial charge in [-0.3, -0.25) is 9.59 Å². The van der Waals surface area contributed by atoms with Crippen LogP contribution in [0.4, 0.5) is 0 Å². The van der Waals surface area contributed by atoms with E-state index >= 15 is 0 Å². The second-order valence-electron chi connectivity index (χ2n) is 10.4. The first-order valence-electron chi connectivity index (χ1n) is 11.2. The number of rotatable bonds is 3. The topological polar surface area (TPSA) is 43.4 Å². The highest BCUT2D eigenvalue weighted by Crippen LogP contribution is 2.66. The maximum Gasteiger partial charge on any atom is 0.306 e. The van der Waals surface area contributed by atoms with E-state index in [1.165, 1.54) is 18.4 Å². The molecular formula is C24H36O3. The molecule has 0 aromatic heterocycles. The number of hydrogen-bond acceptors (Lipinski definition) is 3. The summed E-state index contributed by atoms with van der Waals surface area (Å²) in [6.45, 7) is 9.27. The molecule has 0 saturated heterocycles. The summed E-state index contributed by atoms with van der Waals surface area (Å²) < 4.78 is 5.99. The minimum atomic E-state index is -0.00818. The SMILES string of the molecule is CCCC(=O)O[C@H]1CCC2C3C(CC[C@@]21C)[C@@]1(C)CCC(=O)C=C1C[C@@H]3C. The molecule has 0 aromatic carbocycles. The average Bonchev–Trinajstić information content (AvgIpc) is 2.93. The first-order valence-corrected chi connectivity index (χ1v) is 11.2. The van der Waals surface area contributed by atoms with Gasteiger partial charge in [0.1, 0.15) is 6.10 Å². The zero-order valence-electron chi connectivity index (χ0n) is 17.6. The Morgan fingerprint density at radius 1 is 1.19 bits per heavy atom. The summed E-state index contributed by atoms with van der Waals surface area (Å²) >= 11 is 0. The lowest BCUT2D eigenvalue weighted by molar-refractivity contribution is -0.161. The smallest absolute Gasteiger partial charge is 0.306 e. The van der Waals surface area contributed by atoms with Gasteiger partial charge in [-0.15, -0.1) is 0 Å². The van der Waals surface area contributed by atoms with Crippen LogP contribution in [0.5, 0.6) is 0 Å². The molecular weight excluding hydrogens is 336 g/mol. The van der Waals surface area contributed by atoms with E-state index < -0.39 is 0 Å². The molecule has 0 aliphatic heterocycles. The molecule has 3 heteroatoms. The Morgan fingerprint density at radius 2 is 1.96 bits per heavy atom. The maximum atomic E-state index is 12.2. The van der Waals surface area contributed by atoms with E-state index in [1.807, 2.05) is 13.0 Å². The molecule has 3 fully saturated rings. The van der Waals surface area contributed by atoms with Gasteiger partial charge in [0.25, 0.3) is 0 Å². The summed E-state index contributed by atoms with van der Waals surface area (Å²) in [5, 5.41) is 0. The number of ketones is 1. The fourth-order valence-electron chi connectivity index (χ4n) is 7.47. The zero-order valence-corrected chi connectivity index (χ0v) is 17.6. The molecule has 0 N–H and O–H groups in total. The Kier molecular flexibility index (Phi) is 4.79. The largest absolute Gasteiger partial charge is 0.462 e. The predicted molar refractivity (Wildman–Crippen MR) is 106 cm³/mol. The summed E-state index contributed by atoms with van der Waals surface area (Å²) in [4.78, 5) is 24.2. The van der Waals surface area contributed by atoms with Gasteiger partial charge in [0, 0.05) is 18.3 Å². The first-order chi connectivity index (χ1) is 12.8. The molecule has 0 spiro atoms. The second kappa shape index (κ2) is 6.74. The molecule has 4 aliphatic carbocycles. The highest BCUT2D eigenvalue weighted by Gasteiger charge is 2.61. The monoisotopic (exact) mass is 372 g/mol. The summed E-state index contributed by atoms with van der Waals surface area (Å²) in [5.74, 6) is 2.98. The molecule has 27 heavy (non-hydrogen) atoms. The normalized spacial score (nSPS) is 46.1. The van der Waals surface area contributed by atoms with Gasteiger partial charge in [-0.05, 0) is 80.1 Å². The molecule has 4 aliphatic rings. The van der Waals surface area contributed by atoms with Crippen LogP contribution in [-0.2, 0) is 14.3 Å². The van der Waals surface area contributed by atoms with Gasteiger partial charge in [0.05, 0.1) is 0 Å². The molecule has 0 aromatic rings. The highest BCUT2D eigenvalue weighted by molar-refractivity contribution is 5.91. The Bertz CT molecular complexity index is 665. The third kappa shape index (κ3) is 2.91. The lowest BCUT2D eigenvalue weighted by atomic mass is 9.45. The van der Waals surface area contributed by atoms with E-state index in [0.717, 1.165) is 38.5 Å². The van der Waals surface area contributed by atoms with Crippen molar-refractivity contribution >= 4 is 11.8 Å². The third-order valence-electron chi connectivity index (χ3n) is 8.95. The van der Waals surface area contributed by atoms with E-state index in [2.05, 4.69) is 20.8 Å². The molecule has 0 amide bonds. The van der Waals surface area contributed by atoms with Crippen LogP contribution in [0.2, 0.25) is 0 Å². The van der Waals surface area contributed by atoms with Crippen molar-refractivity contribution in [2.75, 3.05) is 0 Å². The van der Waals surface area contributed by atoms with Crippen molar-refractivity contribution in [2.24, 2.45) is 34.5 Å². The van der Waals surface area contributed by atoms with Gasteiger partial charge in [-0.25, -0.2) is 0 Å². The Labute approximate surface area is 164 Å². The van der Waals surface area contributed by atoms with Crippen molar-refractivity contribution in [1.29, 1.82) is 0 Å². The first kappa shape index (κ1) is 19.2. The van der Waals surface area contributed by atoms with Crippen molar-refractivity contribution < 1.29 is 14.3 Å². The standard InChI is InChI=1S/C24H36O3/c1-5-6-21(26)27-20-8-7-18-22-15(2)13-16-14-17(25)9-11-23(16,3)19(22)10-12-24(18,20)4/h14-15,18-20,22H,5-13H2,1-4H3/t15-,18?,19?,20-,22?,23-,24-/m0/s1. The van der Waals surface area contributed by atoms with Crippen LogP contribution in [0.25, 0.3) is 0 Å². The minimum Gasteiger partial charge on any atom is -0.462 e. The number of fused-ring (bicyclic) bond motifs is 5. The highest BCUT2D eigenvalue weighted by atomic mass is 16.5. The summed E-state index contributed by atoms with van der Waals surface area (Å²) in [7, 11) is 0. The van der Waals surface area contributed by atoms with Crippen LogP contribution in [0, 0.1) is 34.5 Å². The molecule has 0 heterocycles. The minimum absolute atomic E-state index is 0.00818. The third-order valence-corrected chi connectivity index (χ3v) is 8.95. The Balaban J connectivity index is 1.60. The fourth-order valence-corrected chi connectivity index (χ4v) is 7.47. The molecule has 3 saturated carbocycles. The number of carbonyl (C=O) groups excluding carboxylic acids is 2. The van der Waals surface area contributed by atoms with Gasteiger partial charge in [0.2, 0.25) is 0 Å². The molecule has 3 nitrogen and oxygen atoms in total. The predicted octanol–water partition coefficient (Wildman–Crippen LogP) is 5.48. The van der Waals surface area contributed by atoms with Gasteiger partial charge >= 0.3 is 5.97 Å². The number of allylic oxidation sites excluding steroid dienone is 1. The van der Waals surface area contributed by atoms with Gasteiger partial charge in [-0.1, -0.05) is 33.3 Å². The lowest BCUT2D eigenvalue weighted by Crippen LogP contribution is -2.54. The lowest BCUT2D eigenvalue weighted by Gasteiger charge is -2.59. The van der Waals surface area contributed by atoms with Gasteiger partial charge in [-0.2, -0.15) is 0 Å². The molecule has 0 radical (unpaired) electrons. The van der Waals surface area contributed by atoms with E-state index in [9.17, 15) is 9.59 Å². The van der Waals surface area contributed by atoms with Crippen molar-refractivity contribution in [3.05, 3.63) is 11.6 Å². The number of hydrogen-bond donors (Lipinski definition) is 0. The van der Waals surface area contributed by atoms with Crippen molar-refractivity contribution in [1.82, 2.24) is 0 Å². The van der Waals surface area contributed by atoms with Crippen molar-refractivity contribution in [3.63, 3.8) is 0 Å². The summed E-state index contributed by atoms with van der Waals surface area (Å²) in [5.41, 5.74) is 1.78. The fraction of sp³-hybridized carbons (Fsp3) is 0.833. The van der Waals surface area contributed by atoms with Crippen molar-refractivity contribution in [2.45, 2.75) is 91.6 Å². The summed E-state index contributed by atoms with van der Waals surface area (Å²) in [6, 6.07) is 0. The second-order valence-corrected chi connectivity index (χ2v) is 10.4. The zero-order chi connectivity index (χ0) is 19.4. The van der Waals surface area contributed by atoms with Crippen LogP contribution in [0.15, 0.2) is 11.6 Å². The van der Waals surface area contributed by atoms with Crippen LogP contribution in [0.1, 0.15) is 85.5 Å². The van der Waals surface area contributed by atoms with Crippen LogP contribution in [0.3, 0.4) is 0 Å². The maximum absolute atomic E-state index is 12.2. The molecule has 150 valence electrons. The quantitative estimate of drug-likeness (QED) is 0.616.